The van der Waals surface area contributed by atoms with Crippen molar-refractivity contribution in [2.75, 3.05) is 0 Å². The Bertz CT molecular complexity index is 368. The smallest absolute Gasteiger partial charge is 0.303 e. The monoisotopic (exact) mass is 246 g/mol. The number of carbonyl (C=O) groups is 1. The van der Waals surface area contributed by atoms with E-state index in [-0.39, 0.29) is 16.7 Å². The molecule has 1 aromatic carbocycles. The van der Waals surface area contributed by atoms with Gasteiger partial charge in [-0.2, -0.15) is 13.2 Å². The molecule has 0 saturated carbocycles. The molecule has 1 aromatic rings. The van der Waals surface area contributed by atoms with Gasteiger partial charge in [0.2, 0.25) is 0 Å². The van der Waals surface area contributed by atoms with Crippen LogP contribution < -0.4 is 0 Å². The van der Waals surface area contributed by atoms with Crippen molar-refractivity contribution in [3.8, 4) is 0 Å². The van der Waals surface area contributed by atoms with E-state index >= 15 is 0 Å². The number of alkyl halides is 3. The zero-order valence-electron chi connectivity index (χ0n) is 8.20. The van der Waals surface area contributed by atoms with E-state index in [4.69, 9.17) is 0 Å². The highest BCUT2D eigenvalue weighted by molar-refractivity contribution is 8.00. The molecule has 16 heavy (non-hydrogen) atoms. The van der Waals surface area contributed by atoms with Crippen LogP contribution in [0.25, 0.3) is 6.08 Å². The zero-order valence-corrected chi connectivity index (χ0v) is 9.02. The molecule has 86 valence electrons. The Labute approximate surface area is 95.3 Å². The molecule has 0 fully saturated rings. The maximum absolute atomic E-state index is 12.0. The van der Waals surface area contributed by atoms with Gasteiger partial charge in [0.25, 0.3) is 0 Å². The number of hydrogen-bond acceptors (Lipinski definition) is 2. The number of hydrogen-bond donors (Lipinski definition) is 0. The Morgan fingerprint density at radius 3 is 2.31 bits per heavy atom. The van der Waals surface area contributed by atoms with E-state index in [1.165, 1.54) is 12.1 Å². The van der Waals surface area contributed by atoms with Crippen LogP contribution in [0.5, 0.6) is 0 Å². The standard InChI is InChI=1S/C11H9F3OS/c12-11(13,14)16-10-6-4-9(5-7-10)3-1-2-8-15/h1,3-8H,2H2. The second kappa shape index (κ2) is 5.75. The van der Waals surface area contributed by atoms with Crippen molar-refractivity contribution in [2.24, 2.45) is 0 Å². The second-order valence-corrected chi connectivity index (χ2v) is 4.06. The molecule has 0 atom stereocenters. The van der Waals surface area contributed by atoms with Crippen LogP contribution in [0, 0.1) is 0 Å². The first-order chi connectivity index (χ1) is 7.51. The van der Waals surface area contributed by atoms with Crippen molar-refractivity contribution in [3.63, 3.8) is 0 Å². The quantitative estimate of drug-likeness (QED) is 0.592. The lowest BCUT2D eigenvalue weighted by molar-refractivity contribution is -0.107. The number of halogens is 3. The summed E-state index contributed by atoms with van der Waals surface area (Å²) in [7, 11) is 0. The van der Waals surface area contributed by atoms with E-state index in [2.05, 4.69) is 0 Å². The van der Waals surface area contributed by atoms with E-state index < -0.39 is 5.51 Å². The van der Waals surface area contributed by atoms with Gasteiger partial charge in [-0.25, -0.2) is 0 Å². The number of aldehydes is 1. The van der Waals surface area contributed by atoms with Crippen molar-refractivity contribution in [1.82, 2.24) is 0 Å². The van der Waals surface area contributed by atoms with Gasteiger partial charge in [-0.3, -0.25) is 0 Å². The Morgan fingerprint density at radius 1 is 1.19 bits per heavy atom. The van der Waals surface area contributed by atoms with Crippen LogP contribution in [0.3, 0.4) is 0 Å². The summed E-state index contributed by atoms with van der Waals surface area (Å²) in [5.41, 5.74) is -3.48. The lowest BCUT2D eigenvalue weighted by atomic mass is 10.2. The maximum atomic E-state index is 12.0. The number of thioether (sulfide) groups is 1. The number of carbonyl (C=O) groups excluding carboxylic acids is 1. The molecule has 1 rings (SSSR count). The largest absolute Gasteiger partial charge is 0.446 e. The summed E-state index contributed by atoms with van der Waals surface area (Å²) < 4.78 is 36.0. The first-order valence-corrected chi connectivity index (χ1v) is 5.29. The summed E-state index contributed by atoms with van der Waals surface area (Å²) in [6.07, 6.45) is 4.40. The molecule has 0 heterocycles. The first kappa shape index (κ1) is 12.8. The highest BCUT2D eigenvalue weighted by atomic mass is 32.2. The van der Waals surface area contributed by atoms with Crippen LogP contribution in [0.15, 0.2) is 35.2 Å². The Hall–Kier alpha value is -1.23. The van der Waals surface area contributed by atoms with E-state index in [1.807, 2.05) is 0 Å². The van der Waals surface area contributed by atoms with Crippen molar-refractivity contribution in [1.29, 1.82) is 0 Å². The fourth-order valence-electron chi connectivity index (χ4n) is 1.04. The van der Waals surface area contributed by atoms with Crippen LogP contribution in [-0.2, 0) is 4.79 Å². The molecule has 0 unspecified atom stereocenters. The number of rotatable bonds is 4. The average molecular weight is 246 g/mol. The highest BCUT2D eigenvalue weighted by Gasteiger charge is 2.28. The van der Waals surface area contributed by atoms with Crippen LogP contribution in [-0.4, -0.2) is 11.8 Å². The van der Waals surface area contributed by atoms with Crippen molar-refractivity contribution >= 4 is 24.1 Å². The minimum atomic E-state index is -4.26. The van der Waals surface area contributed by atoms with Gasteiger partial charge in [0.1, 0.15) is 6.29 Å². The predicted octanol–water partition coefficient (Wildman–Crippen LogP) is 3.90. The van der Waals surface area contributed by atoms with Crippen LogP contribution >= 0.6 is 11.8 Å². The summed E-state index contributed by atoms with van der Waals surface area (Å²) in [5, 5.41) is 0. The molecule has 0 bridgehead atoms. The third kappa shape index (κ3) is 5.02. The Morgan fingerprint density at radius 2 is 1.81 bits per heavy atom. The molecule has 0 N–H and O–H groups in total. The maximum Gasteiger partial charge on any atom is 0.446 e. The molecule has 0 aliphatic heterocycles. The minimum Gasteiger partial charge on any atom is -0.303 e. The zero-order chi connectivity index (χ0) is 12.0. The van der Waals surface area contributed by atoms with Gasteiger partial charge in [0, 0.05) is 11.3 Å². The van der Waals surface area contributed by atoms with Crippen molar-refractivity contribution in [2.45, 2.75) is 16.8 Å². The number of allylic oxidation sites excluding steroid dienone is 1. The van der Waals surface area contributed by atoms with Crippen molar-refractivity contribution < 1.29 is 18.0 Å². The Balaban J connectivity index is 2.64. The molecule has 0 aliphatic carbocycles. The normalized spacial score (nSPS) is 11.9. The van der Waals surface area contributed by atoms with Crippen LogP contribution in [0.2, 0.25) is 0 Å². The van der Waals surface area contributed by atoms with Crippen molar-refractivity contribution in [3.05, 3.63) is 35.9 Å². The SMILES string of the molecule is O=CCC=Cc1ccc(SC(F)(F)F)cc1. The van der Waals surface area contributed by atoms with Gasteiger partial charge in [-0.1, -0.05) is 24.3 Å². The fraction of sp³-hybridized carbons (Fsp3) is 0.182. The highest BCUT2D eigenvalue weighted by Crippen LogP contribution is 2.36. The van der Waals surface area contributed by atoms with Gasteiger partial charge < -0.3 is 4.79 Å². The van der Waals surface area contributed by atoms with E-state index in [9.17, 15) is 18.0 Å². The third-order valence-corrected chi connectivity index (χ3v) is 2.40. The molecule has 5 heteroatoms. The second-order valence-electron chi connectivity index (χ2n) is 2.92. The molecular formula is C11H9F3OS. The molecule has 0 spiro atoms. The van der Waals surface area contributed by atoms with E-state index in [0.717, 1.165) is 11.8 Å². The molecule has 0 aromatic heterocycles. The lowest BCUT2D eigenvalue weighted by Gasteiger charge is -2.05. The first-order valence-electron chi connectivity index (χ1n) is 4.47. The van der Waals surface area contributed by atoms with Gasteiger partial charge in [-0.05, 0) is 29.5 Å². The lowest BCUT2D eigenvalue weighted by Crippen LogP contribution is -1.98. The molecule has 0 amide bonds. The van der Waals surface area contributed by atoms with Crippen LogP contribution in [0.4, 0.5) is 13.2 Å². The van der Waals surface area contributed by atoms with Gasteiger partial charge in [-0.15, -0.1) is 0 Å². The van der Waals surface area contributed by atoms with E-state index in [0.29, 0.717) is 6.42 Å². The molecular weight excluding hydrogens is 237 g/mol. The predicted molar refractivity (Wildman–Crippen MR) is 58.1 cm³/mol. The van der Waals surface area contributed by atoms with Gasteiger partial charge in [0.05, 0.1) is 0 Å². The Kier molecular flexibility index (Phi) is 4.61. The van der Waals surface area contributed by atoms with Gasteiger partial charge in [0.15, 0.2) is 0 Å². The average Bonchev–Trinajstić information content (AvgIpc) is 2.19. The third-order valence-electron chi connectivity index (χ3n) is 1.66. The summed E-state index contributed by atoms with van der Waals surface area (Å²) in [4.78, 5) is 10.2. The number of benzene rings is 1. The van der Waals surface area contributed by atoms with E-state index in [1.54, 1.807) is 24.3 Å². The summed E-state index contributed by atoms with van der Waals surface area (Å²) in [5.74, 6) is 0. The van der Waals surface area contributed by atoms with Gasteiger partial charge >= 0.3 is 5.51 Å². The topological polar surface area (TPSA) is 17.1 Å². The molecule has 0 radical (unpaired) electrons. The summed E-state index contributed by atoms with van der Waals surface area (Å²) in [6.45, 7) is 0. The van der Waals surface area contributed by atoms with Crippen LogP contribution in [0.1, 0.15) is 12.0 Å². The minimum absolute atomic E-state index is 0.142. The fourth-order valence-corrected chi connectivity index (χ4v) is 1.58. The summed E-state index contributed by atoms with van der Waals surface area (Å²) in [6, 6.07) is 5.96. The molecule has 0 saturated heterocycles. The summed E-state index contributed by atoms with van der Waals surface area (Å²) >= 11 is -0.142. The molecule has 0 aliphatic rings. The molecule has 1 nitrogen and oxygen atoms in total.